The second-order valence-electron chi connectivity index (χ2n) is 8.99. The number of β-amino-alcohol motifs (C(OH)–C–C–N with tert-alkyl or cyclic N) is 1. The van der Waals surface area contributed by atoms with Gasteiger partial charge < -0.3 is 10.0 Å². The smallest absolute Gasteiger partial charge is 0.227 e. The number of hydrogen-bond donors (Lipinski definition) is 1. The number of fused-ring (bicyclic) bond motifs is 2. The molecule has 0 unspecified atom stereocenters. The molecule has 0 bridgehead atoms. The maximum Gasteiger partial charge on any atom is 0.227 e. The van der Waals surface area contributed by atoms with Crippen LogP contribution in [0.25, 0.3) is 0 Å². The summed E-state index contributed by atoms with van der Waals surface area (Å²) in [5.41, 5.74) is 2.38. The van der Waals surface area contributed by atoms with Crippen molar-refractivity contribution in [3.8, 4) is 0 Å². The van der Waals surface area contributed by atoms with Gasteiger partial charge in [-0.1, -0.05) is 60.7 Å². The summed E-state index contributed by atoms with van der Waals surface area (Å²) in [5.74, 6) is 0.207. The summed E-state index contributed by atoms with van der Waals surface area (Å²) in [6.07, 6.45) is 1.06. The lowest BCUT2D eigenvalue weighted by Crippen LogP contribution is -2.78. The number of amides is 1. The van der Waals surface area contributed by atoms with Crippen molar-refractivity contribution in [2.75, 3.05) is 32.7 Å². The van der Waals surface area contributed by atoms with E-state index in [1.807, 2.05) is 35.2 Å². The summed E-state index contributed by atoms with van der Waals surface area (Å²) in [6, 6.07) is 21.0. The number of likely N-dealkylation sites (tertiary alicyclic amines) is 1. The number of aliphatic hydroxyl groups is 1. The molecule has 3 fully saturated rings. The first-order valence-electron chi connectivity index (χ1n) is 10.6. The Bertz CT molecular complexity index is 851. The molecule has 0 radical (unpaired) electrons. The zero-order chi connectivity index (χ0) is 19.8. The molecule has 3 aliphatic heterocycles. The first-order chi connectivity index (χ1) is 14.1. The zero-order valence-electron chi connectivity index (χ0n) is 16.8. The van der Waals surface area contributed by atoms with E-state index in [9.17, 15) is 9.90 Å². The second-order valence-corrected chi connectivity index (χ2v) is 8.99. The van der Waals surface area contributed by atoms with Crippen LogP contribution in [0.2, 0.25) is 0 Å². The number of nitrogens with zero attached hydrogens (tertiary/aromatic N) is 3. The highest BCUT2D eigenvalue weighted by molar-refractivity contribution is 5.80. The van der Waals surface area contributed by atoms with Gasteiger partial charge >= 0.3 is 0 Å². The Labute approximate surface area is 172 Å². The van der Waals surface area contributed by atoms with Gasteiger partial charge in [0.15, 0.2) is 0 Å². The van der Waals surface area contributed by atoms with Gasteiger partial charge in [-0.25, -0.2) is 0 Å². The maximum atomic E-state index is 12.8. The molecular weight excluding hydrogens is 362 g/mol. The Kier molecular flexibility index (Phi) is 4.90. The fourth-order valence-electron chi connectivity index (χ4n) is 5.48. The highest BCUT2D eigenvalue weighted by Crippen LogP contribution is 2.39. The van der Waals surface area contributed by atoms with Gasteiger partial charge in [-0.3, -0.25) is 14.6 Å². The van der Waals surface area contributed by atoms with Crippen molar-refractivity contribution >= 4 is 5.91 Å². The van der Waals surface area contributed by atoms with E-state index in [1.165, 1.54) is 5.56 Å². The van der Waals surface area contributed by atoms with Crippen LogP contribution in [0, 0.1) is 0 Å². The third-order valence-corrected chi connectivity index (χ3v) is 6.76. The first-order valence-corrected chi connectivity index (χ1v) is 10.6. The molecule has 1 amide bonds. The number of piperazine rings is 1. The minimum absolute atomic E-state index is 0.0124. The lowest BCUT2D eigenvalue weighted by molar-refractivity contribution is -0.156. The van der Waals surface area contributed by atoms with Crippen molar-refractivity contribution in [3.05, 3.63) is 71.8 Å². The van der Waals surface area contributed by atoms with Gasteiger partial charge in [-0.15, -0.1) is 0 Å². The van der Waals surface area contributed by atoms with Gasteiger partial charge in [-0.2, -0.15) is 0 Å². The molecule has 2 atom stereocenters. The highest BCUT2D eigenvalue weighted by atomic mass is 16.3. The monoisotopic (exact) mass is 391 g/mol. The molecule has 29 heavy (non-hydrogen) atoms. The maximum absolute atomic E-state index is 12.8. The van der Waals surface area contributed by atoms with E-state index >= 15 is 0 Å². The second kappa shape index (κ2) is 7.56. The van der Waals surface area contributed by atoms with E-state index < -0.39 is 0 Å². The molecule has 0 aromatic heterocycles. The van der Waals surface area contributed by atoms with E-state index in [0.29, 0.717) is 12.5 Å². The van der Waals surface area contributed by atoms with Gasteiger partial charge in [-0.05, 0) is 17.5 Å². The quantitative estimate of drug-likeness (QED) is 0.863. The number of rotatable bonds is 4. The largest absolute Gasteiger partial charge is 0.392 e. The molecule has 5 rings (SSSR count). The fourth-order valence-corrected chi connectivity index (χ4v) is 5.48. The van der Waals surface area contributed by atoms with Crippen LogP contribution in [0.5, 0.6) is 0 Å². The molecule has 2 aromatic rings. The molecule has 5 heteroatoms. The van der Waals surface area contributed by atoms with E-state index in [1.54, 1.807) is 0 Å². The summed E-state index contributed by atoms with van der Waals surface area (Å²) in [4.78, 5) is 19.8. The van der Waals surface area contributed by atoms with Gasteiger partial charge in [0.1, 0.15) is 0 Å². The third-order valence-electron chi connectivity index (χ3n) is 6.76. The Morgan fingerprint density at radius 2 is 1.59 bits per heavy atom. The molecule has 0 aliphatic carbocycles. The van der Waals surface area contributed by atoms with Crippen molar-refractivity contribution in [1.82, 2.24) is 14.7 Å². The minimum atomic E-state index is -0.248. The molecule has 152 valence electrons. The van der Waals surface area contributed by atoms with Crippen molar-refractivity contribution < 1.29 is 9.90 Å². The molecule has 0 saturated carbocycles. The van der Waals surface area contributed by atoms with E-state index in [2.05, 4.69) is 40.1 Å². The fraction of sp³-hybridized carbons (Fsp3) is 0.458. The van der Waals surface area contributed by atoms with Gasteiger partial charge in [0.2, 0.25) is 5.91 Å². The van der Waals surface area contributed by atoms with E-state index in [0.717, 1.165) is 51.3 Å². The topological polar surface area (TPSA) is 47.0 Å². The molecule has 1 N–H and O–H groups in total. The van der Waals surface area contributed by atoms with Crippen LogP contribution in [0.4, 0.5) is 0 Å². The molecule has 3 aliphatic rings. The SMILES string of the molecule is O=C(Cc1ccccc1)N1CC2(CN(Cc3ccccc3)C[C@H]3C[C@@H](O)CN32)C1. The third kappa shape index (κ3) is 3.70. The highest BCUT2D eigenvalue weighted by Gasteiger charge is 2.56. The van der Waals surface area contributed by atoms with E-state index in [4.69, 9.17) is 0 Å². The predicted molar refractivity (Wildman–Crippen MR) is 112 cm³/mol. The summed E-state index contributed by atoms with van der Waals surface area (Å²) in [5, 5.41) is 10.3. The summed E-state index contributed by atoms with van der Waals surface area (Å²) < 4.78 is 0. The van der Waals surface area contributed by atoms with Gasteiger partial charge in [0.25, 0.3) is 0 Å². The average molecular weight is 392 g/mol. The average Bonchev–Trinajstić information content (AvgIpc) is 3.07. The Hall–Kier alpha value is -2.21. The van der Waals surface area contributed by atoms with Crippen LogP contribution in [0.3, 0.4) is 0 Å². The lowest BCUT2D eigenvalue weighted by Gasteiger charge is -2.61. The molecule has 2 aromatic carbocycles. The molecule has 3 heterocycles. The zero-order valence-corrected chi connectivity index (χ0v) is 16.8. The number of carbonyl (C=O) groups is 1. The number of hydrogen-bond acceptors (Lipinski definition) is 4. The summed E-state index contributed by atoms with van der Waals surface area (Å²) in [7, 11) is 0. The van der Waals surface area contributed by atoms with Crippen LogP contribution in [-0.2, 0) is 17.8 Å². The van der Waals surface area contributed by atoms with Crippen LogP contribution in [0.15, 0.2) is 60.7 Å². The number of aliphatic hydroxyl groups excluding tert-OH is 1. The summed E-state index contributed by atoms with van der Waals surface area (Å²) in [6.45, 7) is 5.16. The number of carbonyl (C=O) groups excluding carboxylic acids is 1. The molecule has 3 saturated heterocycles. The summed E-state index contributed by atoms with van der Waals surface area (Å²) >= 11 is 0. The van der Waals surface area contributed by atoms with Crippen LogP contribution < -0.4 is 0 Å². The lowest BCUT2D eigenvalue weighted by atomic mass is 9.83. The Balaban J connectivity index is 1.28. The minimum Gasteiger partial charge on any atom is -0.392 e. The van der Waals surface area contributed by atoms with Crippen molar-refractivity contribution in [2.45, 2.75) is 37.1 Å². The van der Waals surface area contributed by atoms with E-state index in [-0.39, 0.29) is 17.6 Å². The van der Waals surface area contributed by atoms with Crippen molar-refractivity contribution in [2.24, 2.45) is 0 Å². The van der Waals surface area contributed by atoms with Gasteiger partial charge in [0, 0.05) is 45.3 Å². The molecule has 5 nitrogen and oxygen atoms in total. The standard InChI is InChI=1S/C24H29N3O2/c28-22-12-21-14-25(13-20-9-5-2-6-10-20)16-24(27(21)15-22)17-26(18-24)23(29)11-19-7-3-1-4-8-19/h1-10,21-22,28H,11-18H2/t21-,22-/m1/s1. The van der Waals surface area contributed by atoms with Crippen molar-refractivity contribution in [3.63, 3.8) is 0 Å². The van der Waals surface area contributed by atoms with Crippen LogP contribution in [0.1, 0.15) is 17.5 Å². The van der Waals surface area contributed by atoms with Gasteiger partial charge in [0.05, 0.1) is 18.1 Å². The predicted octanol–water partition coefficient (Wildman–Crippen LogP) is 1.76. The van der Waals surface area contributed by atoms with Crippen LogP contribution >= 0.6 is 0 Å². The number of benzene rings is 2. The molecule has 1 spiro atoms. The normalized spacial score (nSPS) is 26.3. The Morgan fingerprint density at radius 3 is 2.28 bits per heavy atom. The Morgan fingerprint density at radius 1 is 0.931 bits per heavy atom. The van der Waals surface area contributed by atoms with Crippen LogP contribution in [-0.4, -0.2) is 76.1 Å². The molecular formula is C24H29N3O2. The van der Waals surface area contributed by atoms with Crippen molar-refractivity contribution in [1.29, 1.82) is 0 Å². The first kappa shape index (κ1) is 18.8.